The van der Waals surface area contributed by atoms with Crippen LogP contribution in [0.1, 0.15) is 38.1 Å². The first-order valence-corrected chi connectivity index (χ1v) is 12.5. The average Bonchev–Trinajstić information content (AvgIpc) is 3.26. The number of nitrogen functional groups attached to an aromatic ring is 1. The Bertz CT molecular complexity index is 1590. The fraction of sp³-hybridized carbons (Fsp3) is 0.233. The monoisotopic (exact) mass is 494 g/mol. The Hall–Kier alpha value is -4.39. The van der Waals surface area contributed by atoms with Crippen molar-refractivity contribution in [2.24, 2.45) is 0 Å². The lowest BCUT2D eigenvalue weighted by Crippen LogP contribution is -2.09. The Balaban J connectivity index is 1.49. The Morgan fingerprint density at radius 1 is 1.00 bits per heavy atom. The molecule has 7 heteroatoms. The molecule has 0 aliphatic carbocycles. The van der Waals surface area contributed by atoms with Crippen molar-refractivity contribution < 1.29 is 14.3 Å². The summed E-state index contributed by atoms with van der Waals surface area (Å²) in [4.78, 5) is 16.3. The first kappa shape index (κ1) is 24.3. The van der Waals surface area contributed by atoms with Crippen LogP contribution in [0.5, 0.6) is 5.75 Å². The Labute approximate surface area is 215 Å². The summed E-state index contributed by atoms with van der Waals surface area (Å²) in [5.41, 5.74) is 10.7. The number of hydrogen-bond acceptors (Lipinski definition) is 6. The van der Waals surface area contributed by atoms with Crippen molar-refractivity contribution in [3.63, 3.8) is 0 Å². The molecule has 5 aromatic rings. The van der Waals surface area contributed by atoms with Gasteiger partial charge >= 0.3 is 5.97 Å². The number of rotatable bonds is 8. The normalized spacial score (nSPS) is 11.4. The summed E-state index contributed by atoms with van der Waals surface area (Å²) < 4.78 is 13.4. The molecule has 2 aromatic heterocycles. The van der Waals surface area contributed by atoms with Gasteiger partial charge in [0.2, 0.25) is 0 Å². The highest BCUT2D eigenvalue weighted by Crippen LogP contribution is 2.31. The van der Waals surface area contributed by atoms with Gasteiger partial charge in [0.1, 0.15) is 23.9 Å². The van der Waals surface area contributed by atoms with E-state index in [0.29, 0.717) is 18.2 Å². The van der Waals surface area contributed by atoms with Crippen molar-refractivity contribution in [3.05, 3.63) is 84.2 Å². The standard InChI is InChI=1S/C30H30N4O3/c1-4-36-30(35)16-23-7-5-6-8-28(23)37-18-26-25-14-21(11-12-27(25)34(33-26)19(2)3)20-9-10-22-15-29(31)32-17-24(22)13-20/h5-15,17,19H,4,16,18H2,1-3H3,(H2,31,32). The van der Waals surface area contributed by atoms with Gasteiger partial charge in [-0.3, -0.25) is 9.48 Å². The van der Waals surface area contributed by atoms with Gasteiger partial charge in [-0.25, -0.2) is 4.98 Å². The molecule has 3 aromatic carbocycles. The molecule has 0 fully saturated rings. The van der Waals surface area contributed by atoms with Crippen LogP contribution >= 0.6 is 0 Å². The molecule has 2 heterocycles. The summed E-state index contributed by atoms with van der Waals surface area (Å²) in [6, 6.07) is 22.3. The summed E-state index contributed by atoms with van der Waals surface area (Å²) in [5, 5.41) is 8.02. The second-order valence-corrected chi connectivity index (χ2v) is 9.27. The maximum Gasteiger partial charge on any atom is 0.310 e. The van der Waals surface area contributed by atoms with E-state index in [1.807, 2.05) is 35.0 Å². The van der Waals surface area contributed by atoms with Crippen LogP contribution < -0.4 is 10.5 Å². The van der Waals surface area contributed by atoms with Crippen LogP contribution in [0.25, 0.3) is 32.8 Å². The molecule has 0 bridgehead atoms. The van der Waals surface area contributed by atoms with Gasteiger partial charge in [-0.05, 0) is 67.6 Å². The first-order chi connectivity index (χ1) is 17.9. The fourth-order valence-electron chi connectivity index (χ4n) is 4.53. The van der Waals surface area contributed by atoms with Crippen LogP contribution in [0.4, 0.5) is 5.82 Å². The zero-order valence-corrected chi connectivity index (χ0v) is 21.3. The minimum absolute atomic E-state index is 0.164. The van der Waals surface area contributed by atoms with Crippen molar-refractivity contribution >= 4 is 33.5 Å². The summed E-state index contributed by atoms with van der Waals surface area (Å²) >= 11 is 0. The summed E-state index contributed by atoms with van der Waals surface area (Å²) in [6.07, 6.45) is 1.97. The van der Waals surface area contributed by atoms with Gasteiger partial charge in [-0.15, -0.1) is 0 Å². The Morgan fingerprint density at radius 3 is 2.59 bits per heavy atom. The molecule has 2 N–H and O–H groups in total. The predicted molar refractivity (Wildman–Crippen MR) is 146 cm³/mol. The number of nitrogens with two attached hydrogens (primary N) is 1. The summed E-state index contributed by atoms with van der Waals surface area (Å²) in [5.74, 6) is 0.891. The van der Waals surface area contributed by atoms with Crippen molar-refractivity contribution in [3.8, 4) is 16.9 Å². The second-order valence-electron chi connectivity index (χ2n) is 9.27. The number of carbonyl (C=O) groups is 1. The van der Waals surface area contributed by atoms with E-state index < -0.39 is 0 Å². The van der Waals surface area contributed by atoms with Crippen LogP contribution in [0.3, 0.4) is 0 Å². The van der Waals surface area contributed by atoms with E-state index in [4.69, 9.17) is 20.3 Å². The Kier molecular flexibility index (Phi) is 6.77. The van der Waals surface area contributed by atoms with Crippen molar-refractivity contribution in [1.82, 2.24) is 14.8 Å². The van der Waals surface area contributed by atoms with Crippen molar-refractivity contribution in [2.75, 3.05) is 12.3 Å². The van der Waals surface area contributed by atoms with Gasteiger partial charge in [0, 0.05) is 28.6 Å². The maximum atomic E-state index is 12.1. The number of esters is 1. The number of pyridine rings is 1. The molecule has 0 aliphatic heterocycles. The van der Waals surface area contributed by atoms with Gasteiger partial charge in [0.25, 0.3) is 0 Å². The van der Waals surface area contributed by atoms with E-state index >= 15 is 0 Å². The SMILES string of the molecule is CCOC(=O)Cc1ccccc1OCc1nn(C(C)C)c2ccc(-c3ccc4cc(N)ncc4c3)cc12. The highest BCUT2D eigenvalue weighted by Gasteiger charge is 2.16. The van der Waals surface area contributed by atoms with Gasteiger partial charge in [0.05, 0.1) is 18.5 Å². The minimum atomic E-state index is -0.272. The van der Waals surface area contributed by atoms with E-state index in [-0.39, 0.29) is 25.0 Å². The predicted octanol–water partition coefficient (Wildman–Crippen LogP) is 6.10. The number of benzene rings is 3. The third-order valence-corrected chi connectivity index (χ3v) is 6.33. The number of hydrogen-bond donors (Lipinski definition) is 1. The molecule has 0 saturated heterocycles. The number of fused-ring (bicyclic) bond motifs is 2. The Morgan fingerprint density at radius 2 is 1.78 bits per heavy atom. The van der Waals surface area contributed by atoms with E-state index in [2.05, 4.69) is 55.2 Å². The van der Waals surface area contributed by atoms with Crippen LogP contribution in [-0.2, 0) is 22.6 Å². The molecule has 0 radical (unpaired) electrons. The zero-order chi connectivity index (χ0) is 25.9. The van der Waals surface area contributed by atoms with E-state index in [1.54, 1.807) is 13.1 Å². The van der Waals surface area contributed by atoms with Gasteiger partial charge < -0.3 is 15.2 Å². The third-order valence-electron chi connectivity index (χ3n) is 6.33. The first-order valence-electron chi connectivity index (χ1n) is 12.5. The molecule has 7 nitrogen and oxygen atoms in total. The molecular weight excluding hydrogens is 464 g/mol. The van der Waals surface area contributed by atoms with Crippen LogP contribution in [0.15, 0.2) is 72.9 Å². The lowest BCUT2D eigenvalue weighted by Gasteiger charge is -2.10. The number of anilines is 1. The minimum Gasteiger partial charge on any atom is -0.487 e. The molecule has 0 saturated carbocycles. The van der Waals surface area contributed by atoms with Crippen LogP contribution in [0, 0.1) is 0 Å². The molecule has 5 rings (SSSR count). The molecule has 0 atom stereocenters. The molecule has 188 valence electrons. The quantitative estimate of drug-likeness (QED) is 0.262. The van der Waals surface area contributed by atoms with Crippen LogP contribution in [-0.4, -0.2) is 27.3 Å². The van der Waals surface area contributed by atoms with Crippen LogP contribution in [0.2, 0.25) is 0 Å². The zero-order valence-electron chi connectivity index (χ0n) is 21.3. The van der Waals surface area contributed by atoms with Crippen molar-refractivity contribution in [1.29, 1.82) is 0 Å². The second kappa shape index (κ2) is 10.3. The number of nitrogens with zero attached hydrogens (tertiary/aromatic N) is 3. The fourth-order valence-corrected chi connectivity index (χ4v) is 4.53. The van der Waals surface area contributed by atoms with Gasteiger partial charge in [0.15, 0.2) is 0 Å². The lowest BCUT2D eigenvalue weighted by atomic mass is 10.0. The lowest BCUT2D eigenvalue weighted by molar-refractivity contribution is -0.142. The number of para-hydroxylation sites is 1. The molecule has 0 amide bonds. The number of ether oxygens (including phenoxy) is 2. The smallest absolute Gasteiger partial charge is 0.310 e. The summed E-state index contributed by atoms with van der Waals surface area (Å²) in [7, 11) is 0. The summed E-state index contributed by atoms with van der Waals surface area (Å²) in [6.45, 7) is 6.66. The maximum absolute atomic E-state index is 12.1. The van der Waals surface area contributed by atoms with Gasteiger partial charge in [-0.1, -0.05) is 36.4 Å². The van der Waals surface area contributed by atoms with E-state index in [1.165, 1.54) is 0 Å². The van der Waals surface area contributed by atoms with E-state index in [9.17, 15) is 4.79 Å². The molecule has 0 aliphatic rings. The molecule has 0 spiro atoms. The highest BCUT2D eigenvalue weighted by atomic mass is 16.5. The topological polar surface area (TPSA) is 92.3 Å². The molecular formula is C30H30N4O3. The number of aromatic nitrogens is 3. The van der Waals surface area contributed by atoms with Crippen molar-refractivity contribution in [2.45, 2.75) is 39.8 Å². The highest BCUT2D eigenvalue weighted by molar-refractivity contribution is 5.91. The van der Waals surface area contributed by atoms with Gasteiger partial charge in [-0.2, -0.15) is 5.10 Å². The number of carbonyl (C=O) groups excluding carboxylic acids is 1. The largest absolute Gasteiger partial charge is 0.487 e. The average molecular weight is 495 g/mol. The molecule has 0 unspecified atom stereocenters. The molecule has 37 heavy (non-hydrogen) atoms. The van der Waals surface area contributed by atoms with E-state index in [0.717, 1.165) is 44.1 Å². The third kappa shape index (κ3) is 5.11.